The van der Waals surface area contributed by atoms with E-state index in [1.807, 2.05) is 30.3 Å². The van der Waals surface area contributed by atoms with Crippen LogP contribution in [-0.2, 0) is 0 Å². The van der Waals surface area contributed by atoms with E-state index in [0.29, 0.717) is 0 Å². The Kier molecular flexibility index (Phi) is 9.11. The van der Waals surface area contributed by atoms with Gasteiger partial charge in [-0.1, -0.05) is 50.3 Å². The third kappa shape index (κ3) is 7.65. The first-order valence-electron chi connectivity index (χ1n) is 9.79. The van der Waals surface area contributed by atoms with E-state index < -0.39 is 0 Å². The fourth-order valence-corrected chi connectivity index (χ4v) is 2.98. The molecule has 4 nitrogen and oxygen atoms in total. The van der Waals surface area contributed by atoms with E-state index in [0.717, 1.165) is 36.3 Å². The molecular weight excluding hydrogens is 338 g/mol. The molecule has 0 aliphatic carbocycles. The molecule has 4 heteroatoms. The van der Waals surface area contributed by atoms with Crippen molar-refractivity contribution in [1.29, 1.82) is 0 Å². The van der Waals surface area contributed by atoms with Gasteiger partial charge in [-0.3, -0.25) is 10.1 Å². The molecule has 144 valence electrons. The molecular formula is C23H29NO3. The predicted molar refractivity (Wildman–Crippen MR) is 111 cm³/mol. The highest BCUT2D eigenvalue weighted by Crippen LogP contribution is 2.24. The van der Waals surface area contributed by atoms with E-state index in [9.17, 15) is 10.1 Å². The molecule has 0 saturated carbocycles. The topological polar surface area (TPSA) is 52.4 Å². The van der Waals surface area contributed by atoms with Crippen LogP contribution in [0.5, 0.6) is 5.75 Å². The van der Waals surface area contributed by atoms with Crippen molar-refractivity contribution in [3.05, 3.63) is 71.3 Å². The summed E-state index contributed by atoms with van der Waals surface area (Å²) >= 11 is 0. The molecule has 0 N–H and O–H groups in total. The predicted octanol–water partition coefficient (Wildman–Crippen LogP) is 6.95. The Balaban J connectivity index is 1.64. The lowest BCUT2D eigenvalue weighted by Gasteiger charge is -2.08. The first kappa shape index (κ1) is 20.7. The molecule has 0 radical (unpaired) electrons. The van der Waals surface area contributed by atoms with E-state index in [1.54, 1.807) is 12.1 Å². The number of nitrogens with zero attached hydrogens (tertiary/aromatic N) is 1. The van der Waals surface area contributed by atoms with Crippen molar-refractivity contribution in [2.45, 2.75) is 51.4 Å². The molecule has 0 bridgehead atoms. The van der Waals surface area contributed by atoms with Crippen LogP contribution in [0.25, 0.3) is 11.1 Å². The summed E-state index contributed by atoms with van der Waals surface area (Å²) < 4.78 is 5.81. The van der Waals surface area contributed by atoms with Crippen molar-refractivity contribution < 1.29 is 9.66 Å². The van der Waals surface area contributed by atoms with Gasteiger partial charge in [0.1, 0.15) is 5.75 Å². The quantitative estimate of drug-likeness (QED) is 0.167. The summed E-state index contributed by atoms with van der Waals surface area (Å²) in [4.78, 5) is 10.3. The Morgan fingerprint density at radius 1 is 0.815 bits per heavy atom. The highest BCUT2D eigenvalue weighted by atomic mass is 16.6. The number of rotatable bonds is 13. The maximum Gasteiger partial charge on any atom is 0.269 e. The fraction of sp³-hybridized carbons (Fsp3) is 0.391. The SMILES string of the molecule is C=CCCCCCCCCCOc1ccc(-c2ccc([N+](=O)[O-])cc2)cc1. The van der Waals surface area contributed by atoms with Crippen LogP contribution in [0.2, 0.25) is 0 Å². The zero-order valence-electron chi connectivity index (χ0n) is 15.9. The minimum absolute atomic E-state index is 0.107. The fourth-order valence-electron chi connectivity index (χ4n) is 2.98. The van der Waals surface area contributed by atoms with Gasteiger partial charge in [0.25, 0.3) is 5.69 Å². The molecule has 0 aliphatic rings. The minimum Gasteiger partial charge on any atom is -0.494 e. The zero-order chi connectivity index (χ0) is 19.3. The molecule has 2 aromatic rings. The van der Waals surface area contributed by atoms with Gasteiger partial charge in [-0.05, 0) is 54.7 Å². The first-order chi connectivity index (χ1) is 13.2. The van der Waals surface area contributed by atoms with E-state index in [-0.39, 0.29) is 10.6 Å². The van der Waals surface area contributed by atoms with Crippen molar-refractivity contribution in [2.24, 2.45) is 0 Å². The number of nitro groups is 1. The number of allylic oxidation sites excluding steroid dienone is 1. The number of unbranched alkanes of at least 4 members (excludes halogenated alkanes) is 7. The number of hydrogen-bond donors (Lipinski definition) is 0. The van der Waals surface area contributed by atoms with Crippen molar-refractivity contribution in [2.75, 3.05) is 6.61 Å². The van der Waals surface area contributed by atoms with Crippen molar-refractivity contribution in [1.82, 2.24) is 0 Å². The van der Waals surface area contributed by atoms with Gasteiger partial charge < -0.3 is 4.74 Å². The van der Waals surface area contributed by atoms with Gasteiger partial charge in [0.05, 0.1) is 11.5 Å². The molecule has 0 spiro atoms. The normalized spacial score (nSPS) is 10.5. The van der Waals surface area contributed by atoms with Crippen LogP contribution >= 0.6 is 0 Å². The van der Waals surface area contributed by atoms with E-state index in [2.05, 4.69) is 6.58 Å². The van der Waals surface area contributed by atoms with Gasteiger partial charge >= 0.3 is 0 Å². The molecule has 27 heavy (non-hydrogen) atoms. The second-order valence-corrected chi connectivity index (χ2v) is 6.73. The number of non-ortho nitro benzene ring substituents is 1. The highest BCUT2D eigenvalue weighted by Gasteiger charge is 2.05. The average molecular weight is 367 g/mol. The maximum absolute atomic E-state index is 10.7. The summed E-state index contributed by atoms with van der Waals surface area (Å²) in [6.45, 7) is 4.49. The second kappa shape index (κ2) is 11.9. The molecule has 0 heterocycles. The summed E-state index contributed by atoms with van der Waals surface area (Å²) in [5.41, 5.74) is 2.09. The Morgan fingerprint density at radius 3 is 1.89 bits per heavy atom. The van der Waals surface area contributed by atoms with Crippen molar-refractivity contribution in [3.8, 4) is 16.9 Å². The third-order valence-corrected chi connectivity index (χ3v) is 4.59. The monoisotopic (exact) mass is 367 g/mol. The highest BCUT2D eigenvalue weighted by molar-refractivity contribution is 5.65. The van der Waals surface area contributed by atoms with Gasteiger partial charge in [-0.25, -0.2) is 0 Å². The van der Waals surface area contributed by atoms with Crippen LogP contribution in [0, 0.1) is 10.1 Å². The number of ether oxygens (including phenoxy) is 1. The van der Waals surface area contributed by atoms with Gasteiger partial charge in [0, 0.05) is 12.1 Å². The zero-order valence-corrected chi connectivity index (χ0v) is 15.9. The summed E-state index contributed by atoms with van der Waals surface area (Å²) in [7, 11) is 0. The summed E-state index contributed by atoms with van der Waals surface area (Å²) in [6, 6.07) is 14.5. The average Bonchev–Trinajstić information content (AvgIpc) is 2.70. The smallest absolute Gasteiger partial charge is 0.269 e. The van der Waals surface area contributed by atoms with Crippen LogP contribution < -0.4 is 4.74 Å². The lowest BCUT2D eigenvalue weighted by Crippen LogP contribution is -1.97. The maximum atomic E-state index is 10.7. The van der Waals surface area contributed by atoms with Crippen molar-refractivity contribution >= 4 is 5.69 Å². The van der Waals surface area contributed by atoms with Crippen LogP contribution in [0.4, 0.5) is 5.69 Å². The van der Waals surface area contributed by atoms with Crippen LogP contribution in [0.15, 0.2) is 61.2 Å². The summed E-state index contributed by atoms with van der Waals surface area (Å²) in [5.74, 6) is 0.866. The molecule has 0 amide bonds. The van der Waals surface area contributed by atoms with Gasteiger partial charge in [0.2, 0.25) is 0 Å². The number of nitro benzene ring substituents is 1. The van der Waals surface area contributed by atoms with Gasteiger partial charge in [0.15, 0.2) is 0 Å². The van der Waals surface area contributed by atoms with Gasteiger partial charge in [-0.2, -0.15) is 0 Å². The Labute approximate surface area is 162 Å². The minimum atomic E-state index is -0.385. The Bertz CT molecular complexity index is 693. The lowest BCUT2D eigenvalue weighted by molar-refractivity contribution is -0.384. The van der Waals surface area contributed by atoms with E-state index in [4.69, 9.17) is 4.74 Å². The Morgan fingerprint density at radius 2 is 1.33 bits per heavy atom. The van der Waals surface area contributed by atoms with E-state index in [1.165, 1.54) is 50.7 Å². The second-order valence-electron chi connectivity index (χ2n) is 6.73. The van der Waals surface area contributed by atoms with Crippen LogP contribution in [-0.4, -0.2) is 11.5 Å². The molecule has 0 aromatic heterocycles. The summed E-state index contributed by atoms with van der Waals surface area (Å²) in [6.07, 6.45) is 11.9. The first-order valence-corrected chi connectivity index (χ1v) is 9.79. The molecule has 0 saturated heterocycles. The molecule has 2 aromatic carbocycles. The number of benzene rings is 2. The molecule has 0 atom stereocenters. The number of hydrogen-bond acceptors (Lipinski definition) is 3. The lowest BCUT2D eigenvalue weighted by atomic mass is 10.1. The van der Waals surface area contributed by atoms with Crippen molar-refractivity contribution in [3.63, 3.8) is 0 Å². The standard InChI is InChI=1S/C23H29NO3/c1-2-3-4-5-6-7-8-9-10-19-27-23-17-13-21(14-18-23)20-11-15-22(16-12-20)24(25)26/h2,11-18H,1,3-10,19H2. The van der Waals surface area contributed by atoms with Gasteiger partial charge in [-0.15, -0.1) is 6.58 Å². The summed E-state index contributed by atoms with van der Waals surface area (Å²) in [5, 5.41) is 10.7. The Hall–Kier alpha value is -2.62. The third-order valence-electron chi connectivity index (χ3n) is 4.59. The van der Waals surface area contributed by atoms with Crippen LogP contribution in [0.1, 0.15) is 51.4 Å². The largest absolute Gasteiger partial charge is 0.494 e. The molecule has 0 fully saturated rings. The van der Waals surface area contributed by atoms with Crippen LogP contribution in [0.3, 0.4) is 0 Å². The molecule has 0 aliphatic heterocycles. The molecule has 0 unspecified atom stereocenters. The van der Waals surface area contributed by atoms with E-state index >= 15 is 0 Å². The molecule has 2 rings (SSSR count).